The molecule has 0 amide bonds. The molecular weight excluding hydrogens is 262 g/mol. The van der Waals surface area contributed by atoms with E-state index in [-0.39, 0.29) is 0 Å². The summed E-state index contributed by atoms with van der Waals surface area (Å²) >= 11 is 0. The van der Waals surface area contributed by atoms with Crippen molar-refractivity contribution in [1.29, 1.82) is 0 Å². The van der Waals surface area contributed by atoms with Gasteiger partial charge in [0.15, 0.2) is 0 Å². The number of rotatable bonds is 10. The third-order valence-electron chi connectivity index (χ3n) is 3.57. The van der Waals surface area contributed by atoms with Gasteiger partial charge < -0.3 is 9.84 Å². The van der Waals surface area contributed by atoms with Crippen molar-refractivity contribution in [3.05, 3.63) is 35.4 Å². The van der Waals surface area contributed by atoms with E-state index in [1.54, 1.807) is 7.11 Å². The van der Waals surface area contributed by atoms with E-state index in [1.807, 2.05) is 0 Å². The fraction of sp³-hybridized carbons (Fsp3) is 0.667. The van der Waals surface area contributed by atoms with Gasteiger partial charge in [0, 0.05) is 26.7 Å². The Morgan fingerprint density at radius 3 is 2.33 bits per heavy atom. The van der Waals surface area contributed by atoms with Crippen molar-refractivity contribution in [3.63, 3.8) is 0 Å². The highest BCUT2D eigenvalue weighted by molar-refractivity contribution is 5.24. The minimum absolute atomic E-state index is 0.434. The molecule has 3 heteroatoms. The fourth-order valence-electron chi connectivity index (χ4n) is 2.54. The second kappa shape index (κ2) is 9.93. The Balaban J connectivity index is 2.60. The van der Waals surface area contributed by atoms with Crippen molar-refractivity contribution >= 4 is 0 Å². The average Bonchev–Trinajstić information content (AvgIpc) is 2.45. The summed E-state index contributed by atoms with van der Waals surface area (Å²) in [5.41, 5.74) is 2.34. The molecule has 1 N–H and O–H groups in total. The Labute approximate surface area is 129 Å². The van der Waals surface area contributed by atoms with Gasteiger partial charge in [0.2, 0.25) is 0 Å². The maximum atomic E-state index is 10.4. The molecule has 1 unspecified atom stereocenters. The Morgan fingerprint density at radius 2 is 1.81 bits per heavy atom. The zero-order chi connectivity index (χ0) is 15.7. The van der Waals surface area contributed by atoms with E-state index in [9.17, 15) is 5.11 Å². The summed E-state index contributed by atoms with van der Waals surface area (Å²) in [5, 5.41) is 10.4. The van der Waals surface area contributed by atoms with Gasteiger partial charge in [0.1, 0.15) is 0 Å². The number of ether oxygens (including phenoxy) is 1. The highest BCUT2D eigenvalue weighted by Crippen LogP contribution is 2.16. The van der Waals surface area contributed by atoms with Crippen LogP contribution in [0.15, 0.2) is 24.3 Å². The quantitative estimate of drug-likeness (QED) is 0.718. The molecule has 1 rings (SSSR count). The van der Waals surface area contributed by atoms with Crippen LogP contribution in [-0.4, -0.2) is 43.4 Å². The lowest BCUT2D eigenvalue weighted by Crippen LogP contribution is -2.34. The fourth-order valence-corrected chi connectivity index (χ4v) is 2.54. The largest absolute Gasteiger partial charge is 0.387 e. The van der Waals surface area contributed by atoms with Crippen LogP contribution in [0.4, 0.5) is 0 Å². The van der Waals surface area contributed by atoms with Crippen molar-refractivity contribution in [1.82, 2.24) is 4.90 Å². The van der Waals surface area contributed by atoms with Crippen molar-refractivity contribution in [2.75, 3.05) is 33.4 Å². The average molecular weight is 293 g/mol. The molecule has 0 heterocycles. The molecule has 0 fully saturated rings. The zero-order valence-electron chi connectivity index (χ0n) is 14.0. The van der Waals surface area contributed by atoms with E-state index in [1.165, 1.54) is 5.56 Å². The number of methoxy groups -OCH3 is 1. The first-order chi connectivity index (χ1) is 10.1. The van der Waals surface area contributed by atoms with Gasteiger partial charge in [-0.15, -0.1) is 0 Å². The Bertz CT molecular complexity index is 375. The van der Waals surface area contributed by atoms with Crippen LogP contribution < -0.4 is 0 Å². The minimum Gasteiger partial charge on any atom is -0.387 e. The molecular formula is C18H31NO2. The molecule has 120 valence electrons. The maximum Gasteiger partial charge on any atom is 0.0916 e. The van der Waals surface area contributed by atoms with Crippen molar-refractivity contribution in [2.45, 2.75) is 39.7 Å². The number of aryl methyl sites for hydroxylation is 1. The van der Waals surface area contributed by atoms with E-state index < -0.39 is 6.10 Å². The summed E-state index contributed by atoms with van der Waals surface area (Å²) in [7, 11) is 1.72. The van der Waals surface area contributed by atoms with Crippen LogP contribution in [0.25, 0.3) is 0 Å². The monoisotopic (exact) mass is 293 g/mol. The molecule has 0 saturated heterocycles. The van der Waals surface area contributed by atoms with E-state index in [0.29, 0.717) is 19.1 Å². The summed E-state index contributed by atoms with van der Waals surface area (Å²) in [4.78, 5) is 2.28. The molecule has 0 aliphatic rings. The predicted molar refractivity (Wildman–Crippen MR) is 88.6 cm³/mol. The van der Waals surface area contributed by atoms with Crippen molar-refractivity contribution in [2.24, 2.45) is 5.92 Å². The molecule has 1 atom stereocenters. The summed E-state index contributed by atoms with van der Waals surface area (Å²) in [6, 6.07) is 8.37. The first-order valence-electron chi connectivity index (χ1n) is 8.05. The molecule has 0 spiro atoms. The second-order valence-corrected chi connectivity index (χ2v) is 6.15. The van der Waals surface area contributed by atoms with Crippen LogP contribution >= 0.6 is 0 Å². The maximum absolute atomic E-state index is 10.4. The molecule has 0 aliphatic carbocycles. The normalized spacial score (nSPS) is 13.1. The molecule has 0 saturated carbocycles. The van der Waals surface area contributed by atoms with Crippen LogP contribution in [0.1, 0.15) is 44.4 Å². The molecule has 21 heavy (non-hydrogen) atoms. The first-order valence-corrected chi connectivity index (χ1v) is 8.05. The Kier molecular flexibility index (Phi) is 8.58. The number of aliphatic hydroxyl groups is 1. The van der Waals surface area contributed by atoms with Gasteiger partial charge in [-0.2, -0.15) is 0 Å². The highest BCUT2D eigenvalue weighted by Gasteiger charge is 2.14. The number of hydrogen-bond donors (Lipinski definition) is 1. The lowest BCUT2D eigenvalue weighted by molar-refractivity contribution is 0.0825. The van der Waals surface area contributed by atoms with Gasteiger partial charge in [0.25, 0.3) is 0 Å². The summed E-state index contributed by atoms with van der Waals surface area (Å²) < 4.78 is 5.16. The SMILES string of the molecule is CCCc1ccc(C(O)CN(CCOC)CC(C)C)cc1. The van der Waals surface area contributed by atoms with Crippen LogP contribution in [0.5, 0.6) is 0 Å². The second-order valence-electron chi connectivity index (χ2n) is 6.15. The predicted octanol–water partition coefficient (Wildman–Crippen LogP) is 3.28. The summed E-state index contributed by atoms with van der Waals surface area (Å²) in [5.74, 6) is 0.584. The van der Waals surface area contributed by atoms with Crippen LogP contribution in [-0.2, 0) is 11.2 Å². The molecule has 0 aromatic heterocycles. The molecule has 0 radical (unpaired) electrons. The third-order valence-corrected chi connectivity index (χ3v) is 3.57. The van der Waals surface area contributed by atoms with E-state index in [4.69, 9.17) is 4.74 Å². The van der Waals surface area contributed by atoms with Gasteiger partial charge in [0.05, 0.1) is 12.7 Å². The molecule has 0 aliphatic heterocycles. The van der Waals surface area contributed by atoms with Gasteiger partial charge in [-0.3, -0.25) is 4.90 Å². The van der Waals surface area contributed by atoms with Crippen molar-refractivity contribution < 1.29 is 9.84 Å². The van der Waals surface area contributed by atoms with Crippen LogP contribution in [0, 0.1) is 5.92 Å². The van der Waals surface area contributed by atoms with Gasteiger partial charge in [-0.05, 0) is 23.5 Å². The van der Waals surface area contributed by atoms with Crippen LogP contribution in [0.2, 0.25) is 0 Å². The molecule has 0 bridgehead atoms. The molecule has 3 nitrogen and oxygen atoms in total. The highest BCUT2D eigenvalue weighted by atomic mass is 16.5. The lowest BCUT2D eigenvalue weighted by Gasteiger charge is -2.26. The number of aliphatic hydroxyl groups excluding tert-OH is 1. The standard InChI is InChI=1S/C18H31NO2/c1-5-6-16-7-9-17(10-8-16)18(20)14-19(11-12-21-4)13-15(2)3/h7-10,15,18,20H,5-6,11-14H2,1-4H3. The molecule has 1 aromatic carbocycles. The number of benzene rings is 1. The van der Waals surface area contributed by atoms with Gasteiger partial charge in [-0.1, -0.05) is 51.5 Å². The summed E-state index contributed by atoms with van der Waals surface area (Å²) in [6.45, 7) is 9.79. The topological polar surface area (TPSA) is 32.7 Å². The lowest BCUT2D eigenvalue weighted by atomic mass is 10.0. The zero-order valence-corrected chi connectivity index (χ0v) is 14.0. The van der Waals surface area contributed by atoms with E-state index in [2.05, 4.69) is 49.9 Å². The Morgan fingerprint density at radius 1 is 1.14 bits per heavy atom. The van der Waals surface area contributed by atoms with E-state index in [0.717, 1.165) is 31.5 Å². The van der Waals surface area contributed by atoms with E-state index >= 15 is 0 Å². The number of nitrogens with zero attached hydrogens (tertiary/aromatic N) is 1. The first kappa shape index (κ1) is 18.1. The van der Waals surface area contributed by atoms with Crippen molar-refractivity contribution in [3.8, 4) is 0 Å². The Hall–Kier alpha value is -0.900. The third kappa shape index (κ3) is 7.07. The number of hydrogen-bond acceptors (Lipinski definition) is 3. The van der Waals surface area contributed by atoms with Gasteiger partial charge in [-0.25, -0.2) is 0 Å². The summed E-state index contributed by atoms with van der Waals surface area (Å²) in [6.07, 6.45) is 1.82. The minimum atomic E-state index is -0.434. The van der Waals surface area contributed by atoms with Crippen LogP contribution in [0.3, 0.4) is 0 Å². The smallest absolute Gasteiger partial charge is 0.0916 e. The van der Waals surface area contributed by atoms with Gasteiger partial charge >= 0.3 is 0 Å². The molecule has 1 aromatic rings.